The Labute approximate surface area is 161 Å². The van der Waals surface area contributed by atoms with Crippen LogP contribution in [0, 0.1) is 0 Å². The molecule has 0 aliphatic heterocycles. The van der Waals surface area contributed by atoms with Crippen molar-refractivity contribution >= 4 is 21.8 Å². The van der Waals surface area contributed by atoms with E-state index >= 15 is 0 Å². The Hall–Kier alpha value is -2.60. The molecule has 2 atom stereocenters. The van der Waals surface area contributed by atoms with Crippen LogP contribution in [0.3, 0.4) is 0 Å². The molecule has 134 valence electrons. The number of imidazole rings is 1. The van der Waals surface area contributed by atoms with Gasteiger partial charge in [0.15, 0.2) is 6.10 Å². The Kier molecular flexibility index (Phi) is 5.73. The van der Waals surface area contributed by atoms with Crippen LogP contribution in [-0.2, 0) is 11.8 Å². The van der Waals surface area contributed by atoms with E-state index in [9.17, 15) is 4.79 Å². The number of aromatic nitrogens is 2. The van der Waals surface area contributed by atoms with Crippen molar-refractivity contribution in [2.75, 3.05) is 0 Å². The summed E-state index contributed by atoms with van der Waals surface area (Å²) in [6.07, 6.45) is 2.95. The van der Waals surface area contributed by atoms with Crippen LogP contribution in [0.2, 0.25) is 0 Å². The fourth-order valence-corrected chi connectivity index (χ4v) is 2.89. The highest BCUT2D eigenvalue weighted by Crippen LogP contribution is 2.21. The van der Waals surface area contributed by atoms with Crippen LogP contribution in [0.15, 0.2) is 71.5 Å². The monoisotopic (exact) mass is 413 g/mol. The smallest absolute Gasteiger partial charge is 0.261 e. The predicted molar refractivity (Wildman–Crippen MR) is 104 cm³/mol. The van der Waals surface area contributed by atoms with Gasteiger partial charge in [-0.05, 0) is 36.8 Å². The van der Waals surface area contributed by atoms with E-state index in [0.717, 1.165) is 15.9 Å². The molecule has 0 spiro atoms. The van der Waals surface area contributed by atoms with E-state index in [0.29, 0.717) is 5.75 Å². The number of aryl methyl sites for hydroxylation is 1. The molecular formula is C20H20BrN3O2. The van der Waals surface area contributed by atoms with E-state index < -0.39 is 6.10 Å². The molecule has 6 heteroatoms. The van der Waals surface area contributed by atoms with Gasteiger partial charge in [0.05, 0.1) is 0 Å². The predicted octanol–water partition coefficient (Wildman–Crippen LogP) is 3.86. The SMILES string of the molecule is C[C@H](Oc1ccc(Br)cc1)C(=O)N[C@@H](c1ccccc1)c1nccn1C. The highest BCUT2D eigenvalue weighted by Gasteiger charge is 2.24. The molecule has 1 heterocycles. The van der Waals surface area contributed by atoms with Crippen molar-refractivity contribution in [2.24, 2.45) is 7.05 Å². The second kappa shape index (κ2) is 8.19. The third kappa shape index (κ3) is 4.32. The molecule has 0 unspecified atom stereocenters. The molecule has 5 nitrogen and oxygen atoms in total. The van der Waals surface area contributed by atoms with Gasteiger partial charge < -0.3 is 14.6 Å². The van der Waals surface area contributed by atoms with Crippen molar-refractivity contribution in [3.05, 3.63) is 82.9 Å². The molecule has 0 saturated heterocycles. The van der Waals surface area contributed by atoms with Crippen LogP contribution in [0.4, 0.5) is 0 Å². The van der Waals surface area contributed by atoms with Crippen LogP contribution >= 0.6 is 15.9 Å². The fourth-order valence-electron chi connectivity index (χ4n) is 2.63. The maximum absolute atomic E-state index is 12.7. The van der Waals surface area contributed by atoms with Gasteiger partial charge in [0, 0.05) is 23.9 Å². The topological polar surface area (TPSA) is 56.1 Å². The molecule has 3 rings (SSSR count). The Bertz CT molecular complexity index is 862. The molecule has 1 amide bonds. The number of hydrogen-bond donors (Lipinski definition) is 1. The normalized spacial score (nSPS) is 13.0. The van der Waals surface area contributed by atoms with E-state index in [4.69, 9.17) is 4.74 Å². The second-order valence-electron chi connectivity index (χ2n) is 5.96. The Morgan fingerprint density at radius 3 is 2.46 bits per heavy atom. The molecule has 0 radical (unpaired) electrons. The van der Waals surface area contributed by atoms with E-state index in [1.165, 1.54) is 0 Å². The largest absolute Gasteiger partial charge is 0.481 e. The number of halogens is 1. The summed E-state index contributed by atoms with van der Waals surface area (Å²) >= 11 is 3.38. The molecule has 3 aromatic rings. The van der Waals surface area contributed by atoms with Crippen LogP contribution in [0.25, 0.3) is 0 Å². The minimum absolute atomic E-state index is 0.204. The maximum atomic E-state index is 12.7. The summed E-state index contributed by atoms with van der Waals surface area (Å²) in [5.41, 5.74) is 0.964. The molecule has 0 saturated carbocycles. The molecule has 0 aliphatic carbocycles. The first-order valence-electron chi connectivity index (χ1n) is 8.29. The van der Waals surface area contributed by atoms with Crippen molar-refractivity contribution < 1.29 is 9.53 Å². The van der Waals surface area contributed by atoms with E-state index in [-0.39, 0.29) is 11.9 Å². The molecule has 1 N–H and O–H groups in total. The van der Waals surface area contributed by atoms with Gasteiger partial charge >= 0.3 is 0 Å². The summed E-state index contributed by atoms with van der Waals surface area (Å²) in [5.74, 6) is 1.20. The molecule has 0 fully saturated rings. The van der Waals surface area contributed by atoms with Crippen molar-refractivity contribution in [1.29, 1.82) is 0 Å². The van der Waals surface area contributed by atoms with Gasteiger partial charge in [-0.2, -0.15) is 0 Å². The van der Waals surface area contributed by atoms with Gasteiger partial charge in [-0.15, -0.1) is 0 Å². The number of ether oxygens (including phenoxy) is 1. The van der Waals surface area contributed by atoms with Gasteiger partial charge in [0.2, 0.25) is 0 Å². The summed E-state index contributed by atoms with van der Waals surface area (Å²) in [5, 5.41) is 3.05. The molecule has 0 bridgehead atoms. The van der Waals surface area contributed by atoms with Crippen LogP contribution < -0.4 is 10.1 Å². The standard InChI is InChI=1S/C20H20BrN3O2/c1-14(26-17-10-8-16(21)9-11-17)20(25)23-18(15-6-4-3-5-7-15)19-22-12-13-24(19)2/h3-14,18H,1-2H3,(H,23,25)/t14-,18-/m0/s1. The third-order valence-electron chi connectivity index (χ3n) is 4.03. The number of benzene rings is 2. The molecule has 1 aromatic heterocycles. The lowest BCUT2D eigenvalue weighted by Gasteiger charge is -2.22. The second-order valence-corrected chi connectivity index (χ2v) is 6.88. The summed E-state index contributed by atoms with van der Waals surface area (Å²) in [6, 6.07) is 16.8. The Morgan fingerprint density at radius 1 is 1.15 bits per heavy atom. The van der Waals surface area contributed by atoms with Crippen molar-refractivity contribution in [1.82, 2.24) is 14.9 Å². The van der Waals surface area contributed by atoms with Crippen LogP contribution in [0.5, 0.6) is 5.75 Å². The molecule has 2 aromatic carbocycles. The lowest BCUT2D eigenvalue weighted by atomic mass is 10.1. The minimum Gasteiger partial charge on any atom is -0.481 e. The maximum Gasteiger partial charge on any atom is 0.261 e. The average molecular weight is 414 g/mol. The van der Waals surface area contributed by atoms with E-state index in [1.807, 2.05) is 72.4 Å². The van der Waals surface area contributed by atoms with Crippen molar-refractivity contribution in [3.8, 4) is 5.75 Å². The van der Waals surface area contributed by atoms with Crippen molar-refractivity contribution in [2.45, 2.75) is 19.1 Å². The first kappa shape index (κ1) is 18.2. The highest BCUT2D eigenvalue weighted by molar-refractivity contribution is 9.10. The Morgan fingerprint density at radius 2 is 1.85 bits per heavy atom. The highest BCUT2D eigenvalue weighted by atomic mass is 79.9. The van der Waals surface area contributed by atoms with Gasteiger partial charge in [-0.3, -0.25) is 4.79 Å². The molecular weight excluding hydrogens is 394 g/mol. The van der Waals surface area contributed by atoms with E-state index in [2.05, 4.69) is 26.2 Å². The van der Waals surface area contributed by atoms with Gasteiger partial charge in [-0.25, -0.2) is 4.98 Å². The summed E-state index contributed by atoms with van der Waals surface area (Å²) in [7, 11) is 1.91. The van der Waals surface area contributed by atoms with E-state index in [1.54, 1.807) is 13.1 Å². The first-order chi connectivity index (χ1) is 12.5. The zero-order valence-electron chi connectivity index (χ0n) is 14.6. The summed E-state index contributed by atoms with van der Waals surface area (Å²) < 4.78 is 8.62. The number of carbonyl (C=O) groups excluding carboxylic acids is 1. The van der Waals surface area contributed by atoms with Gasteiger partial charge in [0.25, 0.3) is 5.91 Å². The lowest BCUT2D eigenvalue weighted by molar-refractivity contribution is -0.127. The zero-order valence-corrected chi connectivity index (χ0v) is 16.2. The third-order valence-corrected chi connectivity index (χ3v) is 4.56. The summed E-state index contributed by atoms with van der Waals surface area (Å²) in [6.45, 7) is 1.73. The number of amides is 1. The molecule has 0 aliphatic rings. The molecule has 26 heavy (non-hydrogen) atoms. The van der Waals surface area contributed by atoms with Crippen LogP contribution in [0.1, 0.15) is 24.4 Å². The minimum atomic E-state index is -0.636. The quantitative estimate of drug-likeness (QED) is 0.667. The number of rotatable bonds is 6. The Balaban J connectivity index is 1.77. The first-order valence-corrected chi connectivity index (χ1v) is 9.08. The van der Waals surface area contributed by atoms with Gasteiger partial charge in [-0.1, -0.05) is 46.3 Å². The van der Waals surface area contributed by atoms with Crippen molar-refractivity contribution in [3.63, 3.8) is 0 Å². The summed E-state index contributed by atoms with van der Waals surface area (Å²) in [4.78, 5) is 17.1. The van der Waals surface area contributed by atoms with Crippen LogP contribution in [-0.4, -0.2) is 21.6 Å². The number of nitrogens with zero attached hydrogens (tertiary/aromatic N) is 2. The lowest BCUT2D eigenvalue weighted by Crippen LogP contribution is -2.39. The number of carbonyl (C=O) groups is 1. The fraction of sp³-hybridized carbons (Fsp3) is 0.200. The average Bonchev–Trinajstić information content (AvgIpc) is 3.07. The zero-order chi connectivity index (χ0) is 18.5. The number of hydrogen-bond acceptors (Lipinski definition) is 3. The van der Waals surface area contributed by atoms with Gasteiger partial charge in [0.1, 0.15) is 17.6 Å². The number of nitrogens with one attached hydrogen (secondary N) is 1.